The minimum atomic E-state index is -0.0988. The maximum Gasteiger partial charge on any atom is 0.118 e. The summed E-state index contributed by atoms with van der Waals surface area (Å²) in [5.74, 6) is 0.843. The van der Waals surface area contributed by atoms with E-state index in [1.54, 1.807) is 7.11 Å². The van der Waals surface area contributed by atoms with Gasteiger partial charge in [-0.2, -0.15) is 5.10 Å². The van der Waals surface area contributed by atoms with Crippen LogP contribution in [-0.2, 0) is 0 Å². The van der Waals surface area contributed by atoms with E-state index in [0.717, 1.165) is 17.0 Å². The Morgan fingerprint density at radius 2 is 1.75 bits per heavy atom. The van der Waals surface area contributed by atoms with E-state index < -0.39 is 0 Å². The number of benzene rings is 1. The van der Waals surface area contributed by atoms with Gasteiger partial charge in [-0.05, 0) is 51.0 Å². The van der Waals surface area contributed by atoms with Gasteiger partial charge in [0.2, 0.25) is 0 Å². The number of nitrogens with two attached hydrogens (primary N) is 1. The molecule has 0 saturated heterocycles. The quantitative estimate of drug-likeness (QED) is 0.931. The molecule has 0 bridgehead atoms. The Balaban J connectivity index is 2.27. The molecule has 2 aromatic rings. The van der Waals surface area contributed by atoms with E-state index in [9.17, 15) is 0 Å². The molecule has 0 spiro atoms. The summed E-state index contributed by atoms with van der Waals surface area (Å²) >= 11 is 0. The van der Waals surface area contributed by atoms with Gasteiger partial charge in [-0.1, -0.05) is 12.1 Å². The van der Waals surface area contributed by atoms with Gasteiger partial charge in [0.1, 0.15) is 5.75 Å². The molecule has 0 aliphatic heterocycles. The van der Waals surface area contributed by atoms with E-state index in [-0.39, 0.29) is 12.1 Å². The third-order valence-electron chi connectivity index (χ3n) is 4.09. The highest BCUT2D eigenvalue weighted by Gasteiger charge is 2.20. The van der Waals surface area contributed by atoms with Crippen LogP contribution in [-0.4, -0.2) is 16.9 Å². The van der Waals surface area contributed by atoms with Crippen LogP contribution in [0.2, 0.25) is 0 Å². The van der Waals surface area contributed by atoms with Gasteiger partial charge in [0.05, 0.1) is 24.9 Å². The van der Waals surface area contributed by atoms with Gasteiger partial charge in [0.25, 0.3) is 0 Å². The highest BCUT2D eigenvalue weighted by molar-refractivity contribution is 5.30. The fourth-order valence-electron chi connectivity index (χ4n) is 2.40. The van der Waals surface area contributed by atoms with Gasteiger partial charge in [0.15, 0.2) is 0 Å². The van der Waals surface area contributed by atoms with E-state index in [0.29, 0.717) is 0 Å². The van der Waals surface area contributed by atoms with Crippen LogP contribution >= 0.6 is 0 Å². The number of rotatable bonds is 4. The third kappa shape index (κ3) is 2.56. The first-order valence-corrected chi connectivity index (χ1v) is 6.87. The lowest BCUT2D eigenvalue weighted by atomic mass is 10.0. The Kier molecular flexibility index (Phi) is 4.14. The molecule has 2 unspecified atom stereocenters. The van der Waals surface area contributed by atoms with Gasteiger partial charge < -0.3 is 10.5 Å². The first kappa shape index (κ1) is 14.6. The second-order valence-electron chi connectivity index (χ2n) is 5.28. The van der Waals surface area contributed by atoms with Crippen molar-refractivity contribution in [2.45, 2.75) is 39.8 Å². The normalized spacial score (nSPS) is 14.1. The monoisotopic (exact) mass is 273 g/mol. The van der Waals surface area contributed by atoms with Crippen molar-refractivity contribution in [1.82, 2.24) is 9.78 Å². The highest BCUT2D eigenvalue weighted by Crippen LogP contribution is 2.27. The number of hydrogen-bond donors (Lipinski definition) is 1. The van der Waals surface area contributed by atoms with E-state index in [1.807, 2.05) is 35.9 Å². The zero-order valence-corrected chi connectivity index (χ0v) is 12.8. The molecule has 1 aromatic heterocycles. The lowest BCUT2D eigenvalue weighted by Gasteiger charge is -2.22. The summed E-state index contributed by atoms with van der Waals surface area (Å²) in [5.41, 5.74) is 11.0. The molecule has 4 nitrogen and oxygen atoms in total. The number of ether oxygens (including phenoxy) is 1. The van der Waals surface area contributed by atoms with Crippen LogP contribution in [0.4, 0.5) is 0 Å². The van der Waals surface area contributed by atoms with Crippen LogP contribution in [0.1, 0.15) is 41.5 Å². The second kappa shape index (κ2) is 5.67. The van der Waals surface area contributed by atoms with E-state index in [2.05, 4.69) is 25.9 Å². The van der Waals surface area contributed by atoms with Crippen LogP contribution in [0.5, 0.6) is 5.75 Å². The standard InChI is InChI=1S/C16H23N3O/c1-10-11(2)18-19(12(10)3)13(4)16(17)14-6-8-15(20-5)9-7-14/h6-9,13,16H,17H2,1-5H3. The predicted molar refractivity (Wildman–Crippen MR) is 81.1 cm³/mol. The molecule has 108 valence electrons. The van der Waals surface area contributed by atoms with Gasteiger partial charge in [0, 0.05) is 5.69 Å². The molecule has 4 heteroatoms. The number of aryl methyl sites for hydroxylation is 1. The van der Waals surface area contributed by atoms with Gasteiger partial charge in [-0.25, -0.2) is 0 Å². The molecule has 20 heavy (non-hydrogen) atoms. The van der Waals surface area contributed by atoms with Crippen molar-refractivity contribution in [3.05, 3.63) is 46.8 Å². The molecule has 0 aliphatic rings. The molecule has 2 atom stereocenters. The number of hydrogen-bond acceptors (Lipinski definition) is 3. The van der Waals surface area contributed by atoms with Crippen molar-refractivity contribution >= 4 is 0 Å². The zero-order valence-electron chi connectivity index (χ0n) is 12.8. The first-order valence-electron chi connectivity index (χ1n) is 6.87. The van der Waals surface area contributed by atoms with Crippen LogP contribution < -0.4 is 10.5 Å². The lowest BCUT2D eigenvalue weighted by molar-refractivity contribution is 0.402. The average molecular weight is 273 g/mol. The Morgan fingerprint density at radius 1 is 1.15 bits per heavy atom. The van der Waals surface area contributed by atoms with Crippen LogP contribution in [0.25, 0.3) is 0 Å². The molecule has 1 heterocycles. The molecule has 0 saturated carbocycles. The average Bonchev–Trinajstić information content (AvgIpc) is 2.73. The molecule has 0 fully saturated rings. The Labute approximate surface area is 120 Å². The number of aromatic nitrogens is 2. The number of methoxy groups -OCH3 is 1. The highest BCUT2D eigenvalue weighted by atomic mass is 16.5. The fraction of sp³-hybridized carbons (Fsp3) is 0.438. The predicted octanol–water partition coefficient (Wildman–Crippen LogP) is 3.08. The van der Waals surface area contributed by atoms with E-state index in [1.165, 1.54) is 11.3 Å². The molecule has 0 amide bonds. The fourth-order valence-corrected chi connectivity index (χ4v) is 2.40. The van der Waals surface area contributed by atoms with Crippen LogP contribution in [0.15, 0.2) is 24.3 Å². The molecular formula is C16H23N3O. The Bertz CT molecular complexity index is 587. The third-order valence-corrected chi connectivity index (χ3v) is 4.09. The van der Waals surface area contributed by atoms with Crippen molar-refractivity contribution in [2.24, 2.45) is 5.73 Å². The van der Waals surface area contributed by atoms with Crippen molar-refractivity contribution in [1.29, 1.82) is 0 Å². The summed E-state index contributed by atoms with van der Waals surface area (Å²) in [6, 6.07) is 7.91. The topological polar surface area (TPSA) is 53.1 Å². The largest absolute Gasteiger partial charge is 0.497 e. The second-order valence-corrected chi connectivity index (χ2v) is 5.28. The summed E-state index contributed by atoms with van der Waals surface area (Å²) in [7, 11) is 1.66. The lowest BCUT2D eigenvalue weighted by Crippen LogP contribution is -2.24. The minimum absolute atomic E-state index is 0.0988. The molecular weight excluding hydrogens is 250 g/mol. The molecule has 2 rings (SSSR count). The van der Waals surface area contributed by atoms with Gasteiger partial charge in [-0.3, -0.25) is 4.68 Å². The van der Waals surface area contributed by atoms with Crippen LogP contribution in [0.3, 0.4) is 0 Å². The molecule has 1 aromatic carbocycles. The summed E-state index contributed by atoms with van der Waals surface area (Å²) < 4.78 is 7.20. The van der Waals surface area contributed by atoms with Gasteiger partial charge >= 0.3 is 0 Å². The van der Waals surface area contributed by atoms with Crippen molar-refractivity contribution in [3.63, 3.8) is 0 Å². The number of nitrogens with zero attached hydrogens (tertiary/aromatic N) is 2. The minimum Gasteiger partial charge on any atom is -0.497 e. The Morgan fingerprint density at radius 3 is 2.20 bits per heavy atom. The summed E-state index contributed by atoms with van der Waals surface area (Å²) in [6.45, 7) is 8.32. The maximum absolute atomic E-state index is 6.39. The van der Waals surface area contributed by atoms with Crippen molar-refractivity contribution < 1.29 is 4.74 Å². The summed E-state index contributed by atoms with van der Waals surface area (Å²) in [6.07, 6.45) is 0. The van der Waals surface area contributed by atoms with Gasteiger partial charge in [-0.15, -0.1) is 0 Å². The zero-order chi connectivity index (χ0) is 14.9. The van der Waals surface area contributed by atoms with E-state index >= 15 is 0 Å². The summed E-state index contributed by atoms with van der Waals surface area (Å²) in [5, 5.41) is 4.60. The first-order chi connectivity index (χ1) is 9.45. The smallest absolute Gasteiger partial charge is 0.118 e. The summed E-state index contributed by atoms with van der Waals surface area (Å²) in [4.78, 5) is 0. The van der Waals surface area contributed by atoms with Crippen molar-refractivity contribution in [2.75, 3.05) is 7.11 Å². The van der Waals surface area contributed by atoms with Crippen LogP contribution in [0, 0.1) is 20.8 Å². The van der Waals surface area contributed by atoms with E-state index in [4.69, 9.17) is 10.5 Å². The molecule has 0 aliphatic carbocycles. The SMILES string of the molecule is COc1ccc(C(N)C(C)n2nc(C)c(C)c2C)cc1. The van der Waals surface area contributed by atoms with Crippen molar-refractivity contribution in [3.8, 4) is 5.75 Å². The maximum atomic E-state index is 6.39. The Hall–Kier alpha value is -1.81. The molecule has 0 radical (unpaired) electrons. The molecule has 2 N–H and O–H groups in total.